The van der Waals surface area contributed by atoms with E-state index in [0.717, 1.165) is 12.8 Å². The van der Waals surface area contributed by atoms with E-state index in [1.54, 1.807) is 6.33 Å². The maximum Gasteiger partial charge on any atom is 0.280 e. The number of allylic oxidation sites excluding steroid dienone is 1. The Kier molecular flexibility index (Phi) is 2.88. The lowest BCUT2D eigenvalue weighted by molar-refractivity contribution is 0.438. The van der Waals surface area contributed by atoms with Gasteiger partial charge in [-0.1, -0.05) is 26.0 Å². The molecular weight excluding hydrogens is 254 g/mol. The number of nitrogens with two attached hydrogens (primary N) is 1. The molecule has 3 atom stereocenters. The molecule has 20 heavy (non-hydrogen) atoms. The minimum Gasteiger partial charge on any atom is -0.369 e. The van der Waals surface area contributed by atoms with Gasteiger partial charge in [-0.25, -0.2) is 4.98 Å². The monoisotopic (exact) mass is 273 g/mol. The van der Waals surface area contributed by atoms with Gasteiger partial charge in [-0.15, -0.1) is 0 Å². The molecule has 2 aromatic rings. The molecule has 1 aliphatic rings. The molecule has 0 bridgehead atoms. The largest absolute Gasteiger partial charge is 0.369 e. The molecular formula is C14H19N5O. The van der Waals surface area contributed by atoms with Crippen molar-refractivity contribution < 1.29 is 0 Å². The van der Waals surface area contributed by atoms with Crippen molar-refractivity contribution in [3.8, 4) is 0 Å². The number of aromatic amines is 1. The van der Waals surface area contributed by atoms with Crippen LogP contribution in [0.15, 0.2) is 23.3 Å². The highest BCUT2D eigenvalue weighted by Gasteiger charge is 2.35. The van der Waals surface area contributed by atoms with Crippen molar-refractivity contribution in [2.24, 2.45) is 11.8 Å². The van der Waals surface area contributed by atoms with Crippen LogP contribution in [0.3, 0.4) is 0 Å². The smallest absolute Gasteiger partial charge is 0.280 e. The first-order chi connectivity index (χ1) is 9.52. The molecule has 1 saturated carbocycles. The van der Waals surface area contributed by atoms with E-state index in [-0.39, 0.29) is 17.5 Å². The summed E-state index contributed by atoms with van der Waals surface area (Å²) in [4.78, 5) is 22.7. The van der Waals surface area contributed by atoms with Gasteiger partial charge in [-0.05, 0) is 24.7 Å². The highest BCUT2D eigenvalue weighted by molar-refractivity contribution is 5.70. The van der Waals surface area contributed by atoms with Gasteiger partial charge in [-0.2, -0.15) is 4.98 Å². The summed E-state index contributed by atoms with van der Waals surface area (Å²) in [6, 6.07) is 0.147. The van der Waals surface area contributed by atoms with Crippen LogP contribution in [0, 0.1) is 11.8 Å². The Labute approximate surface area is 116 Å². The first-order valence-electron chi connectivity index (χ1n) is 6.94. The molecule has 106 valence electrons. The first-order valence-corrected chi connectivity index (χ1v) is 6.94. The first kappa shape index (κ1) is 12.9. The minimum atomic E-state index is -0.296. The number of aromatic nitrogens is 4. The Morgan fingerprint density at radius 1 is 1.60 bits per heavy atom. The van der Waals surface area contributed by atoms with E-state index in [4.69, 9.17) is 5.73 Å². The van der Waals surface area contributed by atoms with Crippen LogP contribution in [0.25, 0.3) is 11.2 Å². The maximum atomic E-state index is 11.8. The van der Waals surface area contributed by atoms with Gasteiger partial charge in [0.05, 0.1) is 12.4 Å². The summed E-state index contributed by atoms with van der Waals surface area (Å²) in [6.07, 6.45) is 3.75. The Morgan fingerprint density at radius 2 is 2.35 bits per heavy atom. The fourth-order valence-corrected chi connectivity index (χ4v) is 3.41. The second kappa shape index (κ2) is 4.47. The van der Waals surface area contributed by atoms with Crippen molar-refractivity contribution in [3.63, 3.8) is 0 Å². The van der Waals surface area contributed by atoms with Crippen molar-refractivity contribution in [2.75, 3.05) is 5.73 Å². The third kappa shape index (κ3) is 1.75. The van der Waals surface area contributed by atoms with Crippen molar-refractivity contribution in [1.82, 2.24) is 19.5 Å². The number of hydrogen-bond donors (Lipinski definition) is 2. The third-order valence-electron chi connectivity index (χ3n) is 4.41. The molecule has 2 aromatic heterocycles. The second-order valence-electron chi connectivity index (χ2n) is 5.59. The van der Waals surface area contributed by atoms with Crippen molar-refractivity contribution >= 4 is 17.1 Å². The third-order valence-corrected chi connectivity index (χ3v) is 4.41. The van der Waals surface area contributed by atoms with E-state index in [2.05, 4.69) is 35.4 Å². The summed E-state index contributed by atoms with van der Waals surface area (Å²) < 4.78 is 1.94. The molecule has 0 radical (unpaired) electrons. The summed E-state index contributed by atoms with van der Waals surface area (Å²) >= 11 is 0. The number of nitrogens with one attached hydrogen (secondary N) is 1. The zero-order valence-corrected chi connectivity index (χ0v) is 11.8. The summed E-state index contributed by atoms with van der Waals surface area (Å²) in [5.41, 5.74) is 7.41. The van der Waals surface area contributed by atoms with Crippen LogP contribution in [0.2, 0.25) is 0 Å². The van der Waals surface area contributed by atoms with Gasteiger partial charge in [0.25, 0.3) is 5.56 Å². The summed E-state index contributed by atoms with van der Waals surface area (Å²) in [6.45, 7) is 8.68. The Balaban J connectivity index is 2.12. The van der Waals surface area contributed by atoms with Gasteiger partial charge < -0.3 is 10.3 Å². The van der Waals surface area contributed by atoms with Crippen LogP contribution in [-0.4, -0.2) is 19.5 Å². The van der Waals surface area contributed by atoms with E-state index in [1.165, 1.54) is 5.57 Å². The molecule has 0 spiro atoms. The van der Waals surface area contributed by atoms with Crippen LogP contribution in [-0.2, 0) is 0 Å². The highest BCUT2D eigenvalue weighted by atomic mass is 16.1. The molecule has 2 heterocycles. The molecule has 6 heteroatoms. The highest BCUT2D eigenvalue weighted by Crippen LogP contribution is 2.45. The number of fused-ring (bicyclic) bond motifs is 1. The number of nitrogen functional groups attached to an aromatic ring is 1. The van der Waals surface area contributed by atoms with Crippen molar-refractivity contribution in [3.05, 3.63) is 28.8 Å². The predicted molar refractivity (Wildman–Crippen MR) is 78.3 cm³/mol. The molecule has 0 amide bonds. The molecule has 6 nitrogen and oxygen atoms in total. The van der Waals surface area contributed by atoms with Gasteiger partial charge in [0.15, 0.2) is 11.2 Å². The molecule has 1 fully saturated rings. The number of anilines is 1. The average molecular weight is 273 g/mol. The lowest BCUT2D eigenvalue weighted by Gasteiger charge is -2.16. The zero-order chi connectivity index (χ0) is 14.4. The van der Waals surface area contributed by atoms with Crippen LogP contribution in [0.1, 0.15) is 32.7 Å². The Bertz CT molecular complexity index is 729. The van der Waals surface area contributed by atoms with Gasteiger partial charge in [0.1, 0.15) is 0 Å². The van der Waals surface area contributed by atoms with E-state index < -0.39 is 0 Å². The van der Waals surface area contributed by atoms with Crippen molar-refractivity contribution in [1.29, 1.82) is 0 Å². The van der Waals surface area contributed by atoms with Crippen LogP contribution in [0.4, 0.5) is 5.95 Å². The lowest BCUT2D eigenvalue weighted by Crippen LogP contribution is -2.14. The van der Waals surface area contributed by atoms with Gasteiger partial charge in [-0.3, -0.25) is 9.78 Å². The number of hydrogen-bond acceptors (Lipinski definition) is 4. The standard InChI is InChI=1S/C14H19N5O/c1-4-9-7(2)5-10(8(9)3)19-6-16-11-12(19)17-14(15)18-13(11)20/h6-7,9-10H,3-5H2,1-2H3,(H3,15,17,18,20)/t7-,9+,10?/m0/s1. The molecule has 0 aliphatic heterocycles. The number of imidazole rings is 1. The quantitative estimate of drug-likeness (QED) is 0.817. The molecule has 0 saturated heterocycles. The van der Waals surface area contributed by atoms with Gasteiger partial charge in [0.2, 0.25) is 5.95 Å². The average Bonchev–Trinajstić information content (AvgIpc) is 2.91. The molecule has 1 unspecified atom stereocenters. The number of rotatable bonds is 2. The normalized spacial score (nSPS) is 26.5. The van der Waals surface area contributed by atoms with Crippen LogP contribution < -0.4 is 11.3 Å². The Morgan fingerprint density at radius 3 is 3.00 bits per heavy atom. The molecule has 1 aliphatic carbocycles. The van der Waals surface area contributed by atoms with Crippen LogP contribution in [0.5, 0.6) is 0 Å². The predicted octanol–water partition coefficient (Wildman–Crippen LogP) is 1.87. The molecule has 3 rings (SSSR count). The van der Waals surface area contributed by atoms with E-state index in [1.807, 2.05) is 4.57 Å². The van der Waals surface area contributed by atoms with Gasteiger partial charge in [0, 0.05) is 0 Å². The molecule has 0 aromatic carbocycles. The van der Waals surface area contributed by atoms with Gasteiger partial charge >= 0.3 is 0 Å². The lowest BCUT2D eigenvalue weighted by atomic mass is 9.93. The zero-order valence-electron chi connectivity index (χ0n) is 11.8. The van der Waals surface area contributed by atoms with Crippen molar-refractivity contribution in [2.45, 2.75) is 32.7 Å². The van der Waals surface area contributed by atoms with E-state index in [0.29, 0.717) is 23.0 Å². The fraction of sp³-hybridized carbons (Fsp3) is 0.500. The van der Waals surface area contributed by atoms with E-state index >= 15 is 0 Å². The Hall–Kier alpha value is -2.11. The summed E-state index contributed by atoms with van der Waals surface area (Å²) in [5.74, 6) is 1.21. The maximum absolute atomic E-state index is 11.8. The number of H-pyrrole nitrogens is 1. The topological polar surface area (TPSA) is 89.6 Å². The SMILES string of the molecule is C=C1C(n2cnc3c(=O)[nH]c(N)nc32)C[C@H](C)[C@H]1CC. The fourth-order valence-electron chi connectivity index (χ4n) is 3.41. The number of nitrogens with zero attached hydrogens (tertiary/aromatic N) is 3. The van der Waals surface area contributed by atoms with Crippen LogP contribution >= 0.6 is 0 Å². The summed E-state index contributed by atoms with van der Waals surface area (Å²) in [7, 11) is 0. The summed E-state index contributed by atoms with van der Waals surface area (Å²) in [5, 5.41) is 0. The second-order valence-corrected chi connectivity index (χ2v) is 5.59. The molecule has 3 N–H and O–H groups in total. The van der Waals surface area contributed by atoms with E-state index in [9.17, 15) is 4.79 Å². The minimum absolute atomic E-state index is 0.118.